The molecule has 1 N–H and O–H groups in total. The lowest BCUT2D eigenvalue weighted by Crippen LogP contribution is -2.05. The maximum absolute atomic E-state index is 11.3. The number of carboxylic acids is 1. The SMILES string of the molecule is CCCCCC(=O)O.CCCCCCCC(=O)OCCCCCC. The molecule has 0 aromatic heterocycles. The maximum Gasteiger partial charge on any atom is 0.305 e. The number of esters is 1. The van der Waals surface area contributed by atoms with E-state index in [0.29, 0.717) is 19.4 Å². The van der Waals surface area contributed by atoms with Crippen molar-refractivity contribution in [1.82, 2.24) is 0 Å². The van der Waals surface area contributed by atoms with E-state index in [4.69, 9.17) is 9.84 Å². The summed E-state index contributed by atoms with van der Waals surface area (Å²) in [7, 11) is 0. The summed E-state index contributed by atoms with van der Waals surface area (Å²) in [6, 6.07) is 0. The third-order valence-electron chi connectivity index (χ3n) is 3.74. The van der Waals surface area contributed by atoms with E-state index >= 15 is 0 Å². The first-order valence-electron chi connectivity index (χ1n) is 9.95. The summed E-state index contributed by atoms with van der Waals surface area (Å²) in [6.45, 7) is 7.06. The Morgan fingerprint density at radius 1 is 0.667 bits per heavy atom. The highest BCUT2D eigenvalue weighted by molar-refractivity contribution is 5.69. The van der Waals surface area contributed by atoms with Crippen LogP contribution in [0.1, 0.15) is 111 Å². The molecular weight excluding hydrogens is 304 g/mol. The fourth-order valence-corrected chi connectivity index (χ4v) is 2.19. The van der Waals surface area contributed by atoms with E-state index in [0.717, 1.165) is 32.1 Å². The number of carbonyl (C=O) groups is 2. The number of carbonyl (C=O) groups excluding carboxylic acids is 1. The lowest BCUT2D eigenvalue weighted by atomic mass is 10.1. The Labute approximate surface area is 149 Å². The second-order valence-corrected chi connectivity index (χ2v) is 6.30. The summed E-state index contributed by atoms with van der Waals surface area (Å²) in [6.07, 6.45) is 14.5. The smallest absolute Gasteiger partial charge is 0.305 e. The number of unbranched alkanes of at least 4 members (excludes halogenated alkanes) is 9. The number of rotatable bonds is 15. The third kappa shape index (κ3) is 25.9. The Morgan fingerprint density at radius 3 is 1.67 bits per heavy atom. The van der Waals surface area contributed by atoms with Gasteiger partial charge in [-0.1, -0.05) is 78.6 Å². The molecule has 0 aliphatic carbocycles. The molecule has 4 nitrogen and oxygen atoms in total. The van der Waals surface area contributed by atoms with Gasteiger partial charge in [-0.15, -0.1) is 0 Å². The molecule has 0 aromatic carbocycles. The molecule has 0 saturated carbocycles. The van der Waals surface area contributed by atoms with E-state index in [1.54, 1.807) is 0 Å². The Balaban J connectivity index is 0. The molecule has 0 aromatic rings. The fourth-order valence-electron chi connectivity index (χ4n) is 2.19. The Kier molecular flexibility index (Phi) is 23.0. The van der Waals surface area contributed by atoms with Gasteiger partial charge in [-0.2, -0.15) is 0 Å². The van der Waals surface area contributed by atoms with Gasteiger partial charge in [0.1, 0.15) is 0 Å². The van der Waals surface area contributed by atoms with Gasteiger partial charge in [0.15, 0.2) is 0 Å². The van der Waals surface area contributed by atoms with Crippen LogP contribution in [0.25, 0.3) is 0 Å². The minimum Gasteiger partial charge on any atom is -0.481 e. The van der Waals surface area contributed by atoms with Gasteiger partial charge in [0, 0.05) is 12.8 Å². The molecule has 0 unspecified atom stereocenters. The minimum atomic E-state index is -0.682. The first kappa shape index (κ1) is 25.2. The monoisotopic (exact) mass is 344 g/mol. The maximum atomic E-state index is 11.3. The van der Waals surface area contributed by atoms with Crippen molar-refractivity contribution in [2.24, 2.45) is 0 Å². The van der Waals surface area contributed by atoms with E-state index in [1.807, 2.05) is 0 Å². The van der Waals surface area contributed by atoms with Crippen LogP contribution in [0, 0.1) is 0 Å². The molecule has 0 amide bonds. The Morgan fingerprint density at radius 2 is 1.12 bits per heavy atom. The summed E-state index contributed by atoms with van der Waals surface area (Å²) < 4.78 is 5.16. The molecule has 0 bridgehead atoms. The molecular formula is C20H40O4. The van der Waals surface area contributed by atoms with E-state index in [2.05, 4.69) is 20.8 Å². The zero-order chi connectivity index (χ0) is 18.5. The number of hydrogen-bond donors (Lipinski definition) is 1. The van der Waals surface area contributed by atoms with Crippen molar-refractivity contribution >= 4 is 11.9 Å². The zero-order valence-corrected chi connectivity index (χ0v) is 16.3. The third-order valence-corrected chi connectivity index (χ3v) is 3.74. The van der Waals surface area contributed by atoms with Crippen LogP contribution in [0.4, 0.5) is 0 Å². The Bertz CT molecular complexity index is 261. The average molecular weight is 345 g/mol. The molecule has 0 radical (unpaired) electrons. The fraction of sp³-hybridized carbons (Fsp3) is 0.900. The first-order valence-corrected chi connectivity index (χ1v) is 9.95. The first-order chi connectivity index (χ1) is 11.6. The number of ether oxygens (including phenoxy) is 1. The number of carboxylic acid groups (broad SMARTS) is 1. The molecule has 0 heterocycles. The molecule has 0 atom stereocenters. The highest BCUT2D eigenvalue weighted by atomic mass is 16.5. The van der Waals surface area contributed by atoms with Gasteiger partial charge in [-0.05, 0) is 19.3 Å². The second-order valence-electron chi connectivity index (χ2n) is 6.30. The molecule has 0 aliphatic heterocycles. The minimum absolute atomic E-state index is 0.00648. The van der Waals surface area contributed by atoms with Crippen LogP contribution in [0.2, 0.25) is 0 Å². The van der Waals surface area contributed by atoms with E-state index in [9.17, 15) is 9.59 Å². The normalized spacial score (nSPS) is 9.96. The molecule has 4 heteroatoms. The zero-order valence-electron chi connectivity index (χ0n) is 16.3. The van der Waals surface area contributed by atoms with Crippen LogP contribution >= 0.6 is 0 Å². The van der Waals surface area contributed by atoms with Crippen molar-refractivity contribution in [3.63, 3.8) is 0 Å². The predicted molar refractivity (Wildman–Crippen MR) is 100 cm³/mol. The standard InChI is InChI=1S/C14H28O2.C6H12O2/c1-3-5-7-9-10-12-14(15)16-13-11-8-6-4-2;1-2-3-4-5-6(7)8/h3-13H2,1-2H3;2-5H2,1H3,(H,7,8). The molecule has 24 heavy (non-hydrogen) atoms. The van der Waals surface area contributed by atoms with Crippen molar-refractivity contribution < 1.29 is 19.4 Å². The van der Waals surface area contributed by atoms with Gasteiger partial charge < -0.3 is 9.84 Å². The van der Waals surface area contributed by atoms with E-state index in [1.165, 1.54) is 44.9 Å². The van der Waals surface area contributed by atoms with Crippen LogP contribution in [-0.2, 0) is 14.3 Å². The van der Waals surface area contributed by atoms with E-state index < -0.39 is 5.97 Å². The predicted octanol–water partition coefficient (Wildman–Crippen LogP) is 6.12. The number of hydrogen-bond acceptors (Lipinski definition) is 3. The van der Waals surface area contributed by atoms with Crippen molar-refractivity contribution in [2.75, 3.05) is 6.61 Å². The van der Waals surface area contributed by atoms with Gasteiger partial charge in [0.25, 0.3) is 0 Å². The van der Waals surface area contributed by atoms with Gasteiger partial charge >= 0.3 is 11.9 Å². The molecule has 0 rings (SSSR count). The second kappa shape index (κ2) is 21.9. The summed E-state index contributed by atoms with van der Waals surface area (Å²) in [5.74, 6) is -0.688. The summed E-state index contributed by atoms with van der Waals surface area (Å²) >= 11 is 0. The highest BCUT2D eigenvalue weighted by Crippen LogP contribution is 2.06. The van der Waals surface area contributed by atoms with Crippen LogP contribution in [-0.4, -0.2) is 23.7 Å². The molecule has 144 valence electrons. The average Bonchev–Trinajstić information content (AvgIpc) is 2.55. The van der Waals surface area contributed by atoms with Crippen LogP contribution in [0.5, 0.6) is 0 Å². The topological polar surface area (TPSA) is 63.6 Å². The van der Waals surface area contributed by atoms with Crippen molar-refractivity contribution in [1.29, 1.82) is 0 Å². The van der Waals surface area contributed by atoms with Crippen LogP contribution in [0.3, 0.4) is 0 Å². The summed E-state index contributed by atoms with van der Waals surface area (Å²) in [4.78, 5) is 21.2. The Hall–Kier alpha value is -1.06. The van der Waals surface area contributed by atoms with E-state index in [-0.39, 0.29) is 5.97 Å². The largest absolute Gasteiger partial charge is 0.481 e. The van der Waals surface area contributed by atoms with Gasteiger partial charge in [0.2, 0.25) is 0 Å². The quantitative estimate of drug-likeness (QED) is 0.287. The van der Waals surface area contributed by atoms with Crippen molar-refractivity contribution in [3.05, 3.63) is 0 Å². The lowest BCUT2D eigenvalue weighted by molar-refractivity contribution is -0.144. The molecule has 0 saturated heterocycles. The van der Waals surface area contributed by atoms with Gasteiger partial charge in [-0.3, -0.25) is 9.59 Å². The van der Waals surface area contributed by atoms with Gasteiger partial charge in [0.05, 0.1) is 6.61 Å². The summed E-state index contributed by atoms with van der Waals surface area (Å²) in [5.41, 5.74) is 0. The van der Waals surface area contributed by atoms with Crippen molar-refractivity contribution in [3.8, 4) is 0 Å². The van der Waals surface area contributed by atoms with Crippen LogP contribution < -0.4 is 0 Å². The van der Waals surface area contributed by atoms with Crippen molar-refractivity contribution in [2.45, 2.75) is 111 Å². The lowest BCUT2D eigenvalue weighted by Gasteiger charge is -2.04. The van der Waals surface area contributed by atoms with Crippen LogP contribution in [0.15, 0.2) is 0 Å². The molecule has 0 spiro atoms. The molecule has 0 aliphatic rings. The summed E-state index contributed by atoms with van der Waals surface area (Å²) in [5, 5.41) is 8.14. The number of aliphatic carboxylic acids is 1. The van der Waals surface area contributed by atoms with Gasteiger partial charge in [-0.25, -0.2) is 0 Å². The molecule has 0 fully saturated rings. The highest BCUT2D eigenvalue weighted by Gasteiger charge is 2.01.